The molecule has 2 aliphatic rings. The predicted octanol–water partition coefficient (Wildman–Crippen LogP) is 1.87. The molecule has 4 N–H and O–H groups in total. The van der Waals surface area contributed by atoms with Gasteiger partial charge in [0.05, 0.1) is 25.4 Å². The lowest BCUT2D eigenvalue weighted by atomic mass is 10.1. The van der Waals surface area contributed by atoms with Crippen LogP contribution in [0.3, 0.4) is 0 Å². The topological polar surface area (TPSA) is 138 Å². The van der Waals surface area contributed by atoms with Crippen molar-refractivity contribution in [3.05, 3.63) is 35.6 Å². The number of thioether (sulfide) groups is 1. The quantitative estimate of drug-likeness (QED) is 0.239. The maximum Gasteiger partial charge on any atom is 0.191 e. The molecule has 10 nitrogen and oxygen atoms in total. The summed E-state index contributed by atoms with van der Waals surface area (Å²) in [5.41, 5.74) is 2.02. The number of anilines is 1. The van der Waals surface area contributed by atoms with Crippen molar-refractivity contribution in [1.82, 2.24) is 25.0 Å². The molecule has 12 heteroatoms. The normalized spacial score (nSPS) is 28.0. The van der Waals surface area contributed by atoms with Crippen LogP contribution in [-0.4, -0.2) is 83.6 Å². The Balaban J connectivity index is 1.42. The van der Waals surface area contributed by atoms with Crippen LogP contribution in [0.5, 0.6) is 0 Å². The van der Waals surface area contributed by atoms with Gasteiger partial charge >= 0.3 is 0 Å². The highest BCUT2D eigenvalue weighted by molar-refractivity contribution is 7.99. The Morgan fingerprint density at radius 1 is 1.17 bits per heavy atom. The third-order valence-electron chi connectivity index (χ3n) is 6.49. The highest BCUT2D eigenvalue weighted by Gasteiger charge is 2.45. The summed E-state index contributed by atoms with van der Waals surface area (Å²) in [7, 11) is 0. The number of hydrogen-bond donors (Lipinski definition) is 4. The predicted molar refractivity (Wildman–Crippen MR) is 128 cm³/mol. The molecular weight excluding hydrogens is 475 g/mol. The van der Waals surface area contributed by atoms with Crippen LogP contribution in [0.2, 0.25) is 0 Å². The zero-order valence-corrected chi connectivity index (χ0v) is 20.1. The number of benzene rings is 1. The van der Waals surface area contributed by atoms with E-state index in [1.807, 2.05) is 0 Å². The number of ether oxygens (including phenoxy) is 1. The summed E-state index contributed by atoms with van der Waals surface area (Å²) in [4.78, 5) is 9.36. The number of nitrogens with one attached hydrogen (secondary N) is 1. The van der Waals surface area contributed by atoms with E-state index in [9.17, 15) is 14.6 Å². The summed E-state index contributed by atoms with van der Waals surface area (Å²) in [5.74, 6) is 1.40. The molecule has 0 amide bonds. The van der Waals surface area contributed by atoms with Gasteiger partial charge in [0.15, 0.2) is 22.1 Å². The van der Waals surface area contributed by atoms with Gasteiger partial charge in [-0.2, -0.15) is 0 Å². The second kappa shape index (κ2) is 10.3. The SMILES string of the molecule is CCCSc1nc(NC2CC2c2ccc(F)cc2)c2nnn(C3CC(OCCO)C(O)C3O)c2n1. The Morgan fingerprint density at radius 3 is 2.71 bits per heavy atom. The van der Waals surface area contributed by atoms with E-state index in [0.29, 0.717) is 28.6 Å². The molecule has 6 unspecified atom stereocenters. The van der Waals surface area contributed by atoms with Crippen molar-refractivity contribution < 1.29 is 24.4 Å². The Bertz CT molecular complexity index is 1160. The van der Waals surface area contributed by atoms with Gasteiger partial charge in [0.2, 0.25) is 0 Å². The number of aliphatic hydroxyl groups excluding tert-OH is 3. The molecule has 0 radical (unpaired) electrons. The van der Waals surface area contributed by atoms with Crippen molar-refractivity contribution >= 4 is 28.7 Å². The van der Waals surface area contributed by atoms with E-state index in [1.165, 1.54) is 23.9 Å². The average Bonchev–Trinajstić information content (AvgIpc) is 3.40. The van der Waals surface area contributed by atoms with Crippen LogP contribution in [0.1, 0.15) is 43.7 Å². The first-order chi connectivity index (χ1) is 17.0. The molecule has 2 heterocycles. The van der Waals surface area contributed by atoms with E-state index >= 15 is 0 Å². The lowest BCUT2D eigenvalue weighted by molar-refractivity contribution is -0.0629. The highest BCUT2D eigenvalue weighted by atomic mass is 32.2. The van der Waals surface area contributed by atoms with Gasteiger partial charge in [-0.15, -0.1) is 5.10 Å². The van der Waals surface area contributed by atoms with Crippen molar-refractivity contribution in [2.45, 2.75) is 67.7 Å². The number of nitrogens with zero attached hydrogens (tertiary/aromatic N) is 5. The molecule has 0 aliphatic heterocycles. The first-order valence-electron chi connectivity index (χ1n) is 11.9. The fourth-order valence-corrected chi connectivity index (χ4v) is 5.27. The maximum absolute atomic E-state index is 13.3. The zero-order chi connectivity index (χ0) is 24.5. The average molecular weight is 505 g/mol. The molecule has 6 atom stereocenters. The third-order valence-corrected chi connectivity index (χ3v) is 7.54. The van der Waals surface area contributed by atoms with E-state index in [1.54, 1.807) is 16.8 Å². The van der Waals surface area contributed by atoms with Gasteiger partial charge in [0.25, 0.3) is 0 Å². The molecule has 0 saturated heterocycles. The summed E-state index contributed by atoms with van der Waals surface area (Å²) in [5, 5.41) is 42.8. The van der Waals surface area contributed by atoms with Crippen LogP contribution in [0.4, 0.5) is 10.2 Å². The first kappa shape index (κ1) is 24.3. The number of aromatic nitrogens is 5. The van der Waals surface area contributed by atoms with Gasteiger partial charge in [-0.25, -0.2) is 19.0 Å². The maximum atomic E-state index is 13.3. The van der Waals surface area contributed by atoms with Crippen molar-refractivity contribution in [3.8, 4) is 0 Å². The van der Waals surface area contributed by atoms with Crippen molar-refractivity contribution in [1.29, 1.82) is 0 Å². The molecule has 188 valence electrons. The third kappa shape index (κ3) is 4.98. The fraction of sp³-hybridized carbons (Fsp3) is 0.565. The summed E-state index contributed by atoms with van der Waals surface area (Å²) >= 11 is 1.53. The van der Waals surface area contributed by atoms with Gasteiger partial charge in [-0.1, -0.05) is 36.0 Å². The number of hydrogen-bond acceptors (Lipinski definition) is 10. The molecular formula is C23H29FN6O4S. The number of halogens is 1. The summed E-state index contributed by atoms with van der Waals surface area (Å²) in [6.45, 7) is 1.98. The van der Waals surface area contributed by atoms with Crippen LogP contribution in [0.25, 0.3) is 11.2 Å². The largest absolute Gasteiger partial charge is 0.394 e. The molecule has 3 aromatic rings. The molecule has 0 bridgehead atoms. The lowest BCUT2D eigenvalue weighted by Crippen LogP contribution is -2.33. The van der Waals surface area contributed by atoms with Crippen LogP contribution in [-0.2, 0) is 4.74 Å². The van der Waals surface area contributed by atoms with E-state index in [2.05, 4.69) is 27.5 Å². The van der Waals surface area contributed by atoms with Gasteiger partial charge < -0.3 is 25.4 Å². The molecule has 35 heavy (non-hydrogen) atoms. The Labute approximate surface area is 205 Å². The van der Waals surface area contributed by atoms with Gasteiger partial charge in [0.1, 0.15) is 18.0 Å². The summed E-state index contributed by atoms with van der Waals surface area (Å²) in [6.07, 6.45) is -0.702. The minimum Gasteiger partial charge on any atom is -0.394 e. The smallest absolute Gasteiger partial charge is 0.191 e. The van der Waals surface area contributed by atoms with Crippen LogP contribution in [0, 0.1) is 5.82 Å². The molecule has 1 aromatic carbocycles. The van der Waals surface area contributed by atoms with E-state index < -0.39 is 24.4 Å². The Morgan fingerprint density at radius 2 is 1.97 bits per heavy atom. The molecule has 5 rings (SSSR count). The van der Waals surface area contributed by atoms with Crippen LogP contribution >= 0.6 is 11.8 Å². The highest BCUT2D eigenvalue weighted by Crippen LogP contribution is 2.43. The molecule has 2 saturated carbocycles. The standard InChI is InChI=1S/C23H29FN6O4S/c1-2-9-35-23-26-21(25-15-10-14(15)12-3-5-13(24)6-4-12)18-22(27-23)30(29-28-18)16-11-17(34-8-7-31)20(33)19(16)32/h3-6,14-17,19-20,31-33H,2,7-11H2,1H3,(H,25,26,27). The number of fused-ring (bicyclic) bond motifs is 1. The van der Waals surface area contributed by atoms with Crippen molar-refractivity contribution in [2.24, 2.45) is 0 Å². The fourth-order valence-electron chi connectivity index (χ4n) is 4.58. The summed E-state index contributed by atoms with van der Waals surface area (Å²) in [6, 6.07) is 6.09. The monoisotopic (exact) mass is 504 g/mol. The number of aliphatic hydroxyl groups is 3. The molecule has 0 spiro atoms. The molecule has 2 aliphatic carbocycles. The van der Waals surface area contributed by atoms with Gasteiger partial charge in [-0.3, -0.25) is 0 Å². The van der Waals surface area contributed by atoms with Crippen molar-refractivity contribution in [3.63, 3.8) is 0 Å². The minimum absolute atomic E-state index is 0.0733. The van der Waals surface area contributed by atoms with E-state index in [0.717, 1.165) is 24.2 Å². The Kier molecular flexibility index (Phi) is 7.17. The second-order valence-electron chi connectivity index (χ2n) is 8.97. The zero-order valence-electron chi connectivity index (χ0n) is 19.3. The van der Waals surface area contributed by atoms with Crippen LogP contribution < -0.4 is 5.32 Å². The molecule has 2 fully saturated rings. The lowest BCUT2D eigenvalue weighted by Gasteiger charge is -2.17. The number of rotatable bonds is 10. The second-order valence-corrected chi connectivity index (χ2v) is 10.0. The van der Waals surface area contributed by atoms with Gasteiger partial charge in [-0.05, 0) is 30.5 Å². The summed E-state index contributed by atoms with van der Waals surface area (Å²) < 4.78 is 20.3. The van der Waals surface area contributed by atoms with Crippen LogP contribution in [0.15, 0.2) is 29.4 Å². The minimum atomic E-state index is -1.12. The van der Waals surface area contributed by atoms with Crippen molar-refractivity contribution in [2.75, 3.05) is 24.3 Å². The molecule has 2 aromatic heterocycles. The first-order valence-corrected chi connectivity index (χ1v) is 12.8. The van der Waals surface area contributed by atoms with Gasteiger partial charge in [0, 0.05) is 24.1 Å². The van der Waals surface area contributed by atoms with E-state index in [-0.39, 0.29) is 31.0 Å². The van der Waals surface area contributed by atoms with E-state index in [4.69, 9.17) is 14.8 Å². The Hall–Kier alpha value is -2.38.